The predicted octanol–water partition coefficient (Wildman–Crippen LogP) is 3.40. The largest absolute Gasteiger partial charge is 0.451 e. The molecule has 0 bridgehead atoms. The number of rotatable bonds is 2. The van der Waals surface area contributed by atoms with Gasteiger partial charge in [0.1, 0.15) is 5.58 Å². The number of hydrogen-bond donors (Lipinski definition) is 1. The molecule has 0 aliphatic carbocycles. The standard InChI is InChI=1S/C18H19N3O2/c1-11-9-19-20-16(11)13-7-8-21(10-13)18(22)17-12(2)14-5-3-4-6-15(14)23-17/h3-6,9,13H,7-8,10H2,1-2H3,(H,19,20). The Hall–Kier alpha value is -2.56. The number of benzene rings is 1. The fraction of sp³-hybridized carbons (Fsp3) is 0.333. The fourth-order valence-electron chi connectivity index (χ4n) is 3.47. The van der Waals surface area contributed by atoms with Crippen molar-refractivity contribution in [3.8, 4) is 0 Å². The van der Waals surface area contributed by atoms with Crippen LogP contribution in [0.5, 0.6) is 0 Å². The smallest absolute Gasteiger partial charge is 0.289 e. The zero-order valence-corrected chi connectivity index (χ0v) is 13.3. The van der Waals surface area contributed by atoms with E-state index in [1.54, 1.807) is 0 Å². The Bertz CT molecular complexity index is 877. The van der Waals surface area contributed by atoms with Crippen LogP contribution in [0.15, 0.2) is 34.9 Å². The molecule has 1 N–H and O–H groups in total. The summed E-state index contributed by atoms with van der Waals surface area (Å²) in [5.74, 6) is 0.776. The third-order valence-electron chi connectivity index (χ3n) is 4.79. The van der Waals surface area contributed by atoms with Crippen molar-refractivity contribution in [3.05, 3.63) is 53.0 Å². The van der Waals surface area contributed by atoms with Crippen LogP contribution in [-0.2, 0) is 0 Å². The topological polar surface area (TPSA) is 62.1 Å². The number of nitrogens with zero attached hydrogens (tertiary/aromatic N) is 2. The van der Waals surface area contributed by atoms with E-state index >= 15 is 0 Å². The summed E-state index contributed by atoms with van der Waals surface area (Å²) in [5, 5.41) is 8.17. The number of aromatic amines is 1. The molecule has 0 spiro atoms. The van der Waals surface area contributed by atoms with Gasteiger partial charge in [0, 0.05) is 35.7 Å². The molecule has 5 heteroatoms. The Morgan fingerprint density at radius 1 is 1.35 bits per heavy atom. The van der Waals surface area contributed by atoms with Crippen molar-refractivity contribution < 1.29 is 9.21 Å². The maximum atomic E-state index is 12.8. The van der Waals surface area contributed by atoms with Gasteiger partial charge in [-0.2, -0.15) is 5.10 Å². The van der Waals surface area contributed by atoms with Gasteiger partial charge in [-0.05, 0) is 31.9 Å². The molecule has 1 aliphatic heterocycles. The van der Waals surface area contributed by atoms with Crippen molar-refractivity contribution >= 4 is 16.9 Å². The molecule has 2 aromatic heterocycles. The van der Waals surface area contributed by atoms with Crippen molar-refractivity contribution in [1.82, 2.24) is 15.1 Å². The number of para-hydroxylation sites is 1. The molecule has 0 radical (unpaired) electrons. The van der Waals surface area contributed by atoms with E-state index in [9.17, 15) is 4.79 Å². The molecule has 23 heavy (non-hydrogen) atoms. The molecule has 1 aromatic carbocycles. The molecule has 3 heterocycles. The van der Waals surface area contributed by atoms with Crippen LogP contribution in [0.25, 0.3) is 11.0 Å². The molecular formula is C18H19N3O2. The Kier molecular flexibility index (Phi) is 3.22. The van der Waals surface area contributed by atoms with Crippen LogP contribution in [0.2, 0.25) is 0 Å². The van der Waals surface area contributed by atoms with Gasteiger partial charge >= 0.3 is 0 Å². The van der Waals surface area contributed by atoms with Crippen LogP contribution < -0.4 is 0 Å². The zero-order chi connectivity index (χ0) is 16.0. The molecule has 5 nitrogen and oxygen atoms in total. The highest BCUT2D eigenvalue weighted by atomic mass is 16.3. The summed E-state index contributed by atoms with van der Waals surface area (Å²) in [6.07, 6.45) is 2.79. The van der Waals surface area contributed by atoms with E-state index in [2.05, 4.69) is 10.2 Å². The van der Waals surface area contributed by atoms with Crippen LogP contribution in [-0.4, -0.2) is 34.1 Å². The second-order valence-electron chi connectivity index (χ2n) is 6.26. The number of aromatic nitrogens is 2. The summed E-state index contributed by atoms with van der Waals surface area (Å²) in [7, 11) is 0. The first-order valence-corrected chi connectivity index (χ1v) is 7.92. The monoisotopic (exact) mass is 309 g/mol. The number of fused-ring (bicyclic) bond motifs is 1. The summed E-state index contributed by atoms with van der Waals surface area (Å²) in [4.78, 5) is 14.7. The average molecular weight is 309 g/mol. The van der Waals surface area contributed by atoms with Crippen LogP contribution in [0.3, 0.4) is 0 Å². The first kappa shape index (κ1) is 14.1. The summed E-state index contributed by atoms with van der Waals surface area (Å²) in [6.45, 7) is 5.45. The number of carbonyl (C=O) groups excluding carboxylic acids is 1. The van der Waals surface area contributed by atoms with Crippen LogP contribution in [0, 0.1) is 13.8 Å². The average Bonchev–Trinajstić information content (AvgIpc) is 3.26. The number of carbonyl (C=O) groups is 1. The van der Waals surface area contributed by atoms with Crippen molar-refractivity contribution in [2.24, 2.45) is 0 Å². The second kappa shape index (κ2) is 5.26. The van der Waals surface area contributed by atoms with Crippen molar-refractivity contribution in [2.75, 3.05) is 13.1 Å². The third-order valence-corrected chi connectivity index (χ3v) is 4.79. The minimum absolute atomic E-state index is 0.0154. The lowest BCUT2D eigenvalue weighted by atomic mass is 10.0. The van der Waals surface area contributed by atoms with E-state index < -0.39 is 0 Å². The van der Waals surface area contributed by atoms with Gasteiger partial charge in [-0.25, -0.2) is 0 Å². The molecule has 3 aromatic rings. The highest BCUT2D eigenvalue weighted by Gasteiger charge is 2.32. The van der Waals surface area contributed by atoms with E-state index in [-0.39, 0.29) is 5.91 Å². The zero-order valence-electron chi connectivity index (χ0n) is 13.3. The van der Waals surface area contributed by atoms with Crippen molar-refractivity contribution in [2.45, 2.75) is 26.2 Å². The predicted molar refractivity (Wildman–Crippen MR) is 87.5 cm³/mol. The summed E-state index contributed by atoms with van der Waals surface area (Å²) in [6, 6.07) is 7.78. The van der Waals surface area contributed by atoms with Gasteiger partial charge in [0.05, 0.1) is 6.20 Å². The van der Waals surface area contributed by atoms with Gasteiger partial charge in [0.25, 0.3) is 5.91 Å². The molecule has 1 atom stereocenters. The normalized spacial score (nSPS) is 18.0. The number of amides is 1. The molecular weight excluding hydrogens is 290 g/mol. The molecule has 118 valence electrons. The third kappa shape index (κ3) is 2.23. The Morgan fingerprint density at radius 2 is 2.17 bits per heavy atom. The first-order valence-electron chi connectivity index (χ1n) is 7.92. The number of likely N-dealkylation sites (tertiary alicyclic amines) is 1. The van der Waals surface area contributed by atoms with E-state index in [0.29, 0.717) is 18.2 Å². The van der Waals surface area contributed by atoms with Gasteiger partial charge in [0.15, 0.2) is 5.76 Å². The van der Waals surface area contributed by atoms with Gasteiger partial charge in [-0.15, -0.1) is 0 Å². The molecule has 1 unspecified atom stereocenters. The van der Waals surface area contributed by atoms with Crippen molar-refractivity contribution in [3.63, 3.8) is 0 Å². The van der Waals surface area contributed by atoms with Gasteiger partial charge < -0.3 is 9.32 Å². The lowest BCUT2D eigenvalue weighted by Crippen LogP contribution is -2.28. The maximum absolute atomic E-state index is 12.8. The second-order valence-corrected chi connectivity index (χ2v) is 6.26. The Labute approximate surface area is 134 Å². The summed E-state index contributed by atoms with van der Waals surface area (Å²) in [5.41, 5.74) is 3.99. The quantitative estimate of drug-likeness (QED) is 0.789. The molecule has 1 saturated heterocycles. The van der Waals surface area contributed by atoms with Crippen LogP contribution in [0.4, 0.5) is 0 Å². The number of aryl methyl sites for hydroxylation is 2. The molecule has 1 aliphatic rings. The Morgan fingerprint density at radius 3 is 2.91 bits per heavy atom. The lowest BCUT2D eigenvalue weighted by Gasteiger charge is -2.15. The van der Waals surface area contributed by atoms with E-state index in [1.807, 2.05) is 49.2 Å². The highest BCUT2D eigenvalue weighted by Crippen LogP contribution is 2.31. The fourth-order valence-corrected chi connectivity index (χ4v) is 3.47. The summed E-state index contributed by atoms with van der Waals surface area (Å²) >= 11 is 0. The number of furan rings is 1. The SMILES string of the molecule is Cc1cn[nH]c1C1CCN(C(=O)c2oc3ccccc3c2C)C1. The minimum Gasteiger partial charge on any atom is -0.451 e. The lowest BCUT2D eigenvalue weighted by molar-refractivity contribution is 0.0760. The highest BCUT2D eigenvalue weighted by molar-refractivity contribution is 5.99. The number of H-pyrrole nitrogens is 1. The number of hydrogen-bond acceptors (Lipinski definition) is 3. The molecule has 4 rings (SSSR count). The molecule has 1 amide bonds. The van der Waals surface area contributed by atoms with Crippen LogP contribution in [0.1, 0.15) is 39.7 Å². The maximum Gasteiger partial charge on any atom is 0.289 e. The minimum atomic E-state index is -0.0154. The van der Waals surface area contributed by atoms with E-state index in [1.165, 1.54) is 0 Å². The Balaban J connectivity index is 1.60. The van der Waals surface area contributed by atoms with E-state index in [0.717, 1.165) is 40.8 Å². The van der Waals surface area contributed by atoms with Gasteiger partial charge in [0.2, 0.25) is 0 Å². The van der Waals surface area contributed by atoms with E-state index in [4.69, 9.17) is 4.42 Å². The molecule has 0 saturated carbocycles. The van der Waals surface area contributed by atoms with Gasteiger partial charge in [-0.3, -0.25) is 9.89 Å². The van der Waals surface area contributed by atoms with Gasteiger partial charge in [-0.1, -0.05) is 18.2 Å². The first-order chi connectivity index (χ1) is 11.1. The van der Waals surface area contributed by atoms with Crippen LogP contribution >= 0.6 is 0 Å². The summed E-state index contributed by atoms with van der Waals surface area (Å²) < 4.78 is 5.81. The van der Waals surface area contributed by atoms with Crippen molar-refractivity contribution in [1.29, 1.82) is 0 Å². The molecule has 1 fully saturated rings. The number of nitrogens with one attached hydrogen (secondary N) is 1.